The highest BCUT2D eigenvalue weighted by molar-refractivity contribution is 6.33. The molecule has 0 aliphatic heterocycles. The van der Waals surface area contributed by atoms with Crippen molar-refractivity contribution >= 4 is 28.3 Å². The van der Waals surface area contributed by atoms with Crippen LogP contribution in [0.2, 0.25) is 5.02 Å². The summed E-state index contributed by atoms with van der Waals surface area (Å²) in [6.07, 6.45) is 7.36. The number of hydrogen-bond acceptors (Lipinski definition) is 3. The molecule has 4 aromatic rings. The van der Waals surface area contributed by atoms with E-state index in [1.54, 1.807) is 18.5 Å². The first kappa shape index (κ1) is 13.8. The molecule has 0 saturated carbocycles. The monoisotopic (exact) mass is 320 g/mol. The predicted octanol–water partition coefficient (Wildman–Crippen LogP) is 4.53. The smallest absolute Gasteiger partial charge is 0.137 e. The van der Waals surface area contributed by atoms with Crippen LogP contribution in [0.25, 0.3) is 33.3 Å². The predicted molar refractivity (Wildman–Crippen MR) is 94.2 cm³/mol. The van der Waals surface area contributed by atoms with Crippen molar-refractivity contribution in [3.8, 4) is 22.3 Å². The van der Waals surface area contributed by atoms with E-state index in [2.05, 4.69) is 21.0 Å². The van der Waals surface area contributed by atoms with E-state index in [4.69, 9.17) is 17.3 Å². The molecule has 0 saturated heterocycles. The van der Waals surface area contributed by atoms with Crippen LogP contribution in [0.4, 0.5) is 5.69 Å². The number of H-pyrrole nitrogens is 1. The second kappa shape index (κ2) is 5.41. The number of anilines is 1. The average molecular weight is 321 g/mol. The molecule has 0 amide bonds. The number of aromatic nitrogens is 3. The minimum absolute atomic E-state index is 0.557. The second-order valence-electron chi connectivity index (χ2n) is 5.29. The molecule has 0 aliphatic carbocycles. The Morgan fingerprint density at radius 3 is 2.57 bits per heavy atom. The third kappa shape index (κ3) is 2.43. The van der Waals surface area contributed by atoms with E-state index in [1.165, 1.54) is 0 Å². The van der Waals surface area contributed by atoms with Gasteiger partial charge in [-0.1, -0.05) is 17.7 Å². The fraction of sp³-hybridized carbons (Fsp3) is 0. The Morgan fingerprint density at radius 2 is 1.78 bits per heavy atom. The lowest BCUT2D eigenvalue weighted by atomic mass is 10.0. The van der Waals surface area contributed by atoms with Gasteiger partial charge >= 0.3 is 0 Å². The second-order valence-corrected chi connectivity index (χ2v) is 5.70. The van der Waals surface area contributed by atoms with Crippen molar-refractivity contribution in [2.75, 3.05) is 5.73 Å². The van der Waals surface area contributed by atoms with E-state index in [9.17, 15) is 0 Å². The zero-order chi connectivity index (χ0) is 15.8. The fourth-order valence-electron chi connectivity index (χ4n) is 2.65. The molecule has 0 fully saturated rings. The zero-order valence-electron chi connectivity index (χ0n) is 12.1. The molecule has 0 unspecified atom stereocenters. The maximum absolute atomic E-state index is 6.00. The van der Waals surface area contributed by atoms with Gasteiger partial charge in [0.2, 0.25) is 0 Å². The Balaban J connectivity index is 1.88. The third-order valence-electron chi connectivity index (χ3n) is 3.85. The fourth-order valence-corrected chi connectivity index (χ4v) is 2.77. The van der Waals surface area contributed by atoms with Crippen molar-refractivity contribution in [3.05, 3.63) is 66.2 Å². The molecule has 0 aliphatic rings. The van der Waals surface area contributed by atoms with Crippen LogP contribution in [0.1, 0.15) is 0 Å². The summed E-state index contributed by atoms with van der Waals surface area (Å²) in [5.41, 5.74) is 11.5. The number of hydrogen-bond donors (Lipinski definition) is 2. The van der Waals surface area contributed by atoms with E-state index >= 15 is 0 Å². The quantitative estimate of drug-likeness (QED) is 0.533. The van der Waals surface area contributed by atoms with Gasteiger partial charge in [-0.25, -0.2) is 4.98 Å². The lowest BCUT2D eigenvalue weighted by Crippen LogP contribution is -1.88. The SMILES string of the molecule is Nc1cc(-c2cnc3[nH]cc(-c4ccncc4)c3c2)ccc1Cl. The molecule has 5 heteroatoms. The largest absolute Gasteiger partial charge is 0.398 e. The molecule has 3 heterocycles. The number of nitrogens with zero attached hydrogens (tertiary/aromatic N) is 2. The first-order chi connectivity index (χ1) is 11.2. The number of halogens is 1. The first-order valence-corrected chi connectivity index (χ1v) is 7.53. The Hall–Kier alpha value is -2.85. The first-order valence-electron chi connectivity index (χ1n) is 7.15. The summed E-state index contributed by atoms with van der Waals surface area (Å²) in [5.74, 6) is 0. The molecule has 112 valence electrons. The van der Waals surface area contributed by atoms with Crippen LogP contribution < -0.4 is 5.73 Å². The van der Waals surface area contributed by atoms with Crippen molar-refractivity contribution in [1.82, 2.24) is 15.0 Å². The highest BCUT2D eigenvalue weighted by Crippen LogP contribution is 2.32. The Bertz CT molecular complexity index is 993. The van der Waals surface area contributed by atoms with E-state index in [0.717, 1.165) is 33.3 Å². The standard InChI is InChI=1S/C18H13ClN4/c19-16-2-1-12(8-17(16)20)13-7-14-15(10-23-18(14)22-9-13)11-3-5-21-6-4-11/h1-10H,20H2,(H,22,23). The Kier molecular flexibility index (Phi) is 3.24. The minimum atomic E-state index is 0.557. The molecule has 3 N–H and O–H groups in total. The van der Waals surface area contributed by atoms with E-state index in [0.29, 0.717) is 10.7 Å². The average Bonchev–Trinajstić information content (AvgIpc) is 3.01. The van der Waals surface area contributed by atoms with Gasteiger partial charge in [0.1, 0.15) is 5.65 Å². The van der Waals surface area contributed by atoms with Gasteiger partial charge in [0.15, 0.2) is 0 Å². The number of pyridine rings is 2. The minimum Gasteiger partial charge on any atom is -0.398 e. The van der Waals surface area contributed by atoms with Gasteiger partial charge in [0.25, 0.3) is 0 Å². The van der Waals surface area contributed by atoms with Crippen molar-refractivity contribution in [3.63, 3.8) is 0 Å². The van der Waals surface area contributed by atoms with Crippen LogP contribution >= 0.6 is 11.6 Å². The molecule has 0 bridgehead atoms. The topological polar surface area (TPSA) is 67.6 Å². The highest BCUT2D eigenvalue weighted by Gasteiger charge is 2.09. The van der Waals surface area contributed by atoms with E-state index in [1.807, 2.05) is 36.7 Å². The lowest BCUT2D eigenvalue weighted by molar-refractivity contribution is 1.32. The molecule has 23 heavy (non-hydrogen) atoms. The van der Waals surface area contributed by atoms with Gasteiger partial charge in [0.05, 0.1) is 10.7 Å². The molecule has 4 rings (SSSR count). The summed E-state index contributed by atoms with van der Waals surface area (Å²) < 4.78 is 0. The van der Waals surface area contributed by atoms with Crippen LogP contribution in [0.15, 0.2) is 61.2 Å². The maximum Gasteiger partial charge on any atom is 0.137 e. The third-order valence-corrected chi connectivity index (χ3v) is 4.20. The molecule has 0 radical (unpaired) electrons. The summed E-state index contributed by atoms with van der Waals surface area (Å²) in [6, 6.07) is 11.7. The zero-order valence-corrected chi connectivity index (χ0v) is 12.9. The maximum atomic E-state index is 6.00. The summed E-state index contributed by atoms with van der Waals surface area (Å²) in [5, 5.41) is 1.61. The van der Waals surface area contributed by atoms with Crippen LogP contribution in [-0.4, -0.2) is 15.0 Å². The molecular weight excluding hydrogens is 308 g/mol. The highest BCUT2D eigenvalue weighted by atomic mass is 35.5. The number of nitrogens with one attached hydrogen (secondary N) is 1. The van der Waals surface area contributed by atoms with Gasteiger partial charge in [-0.3, -0.25) is 4.98 Å². The molecule has 4 nitrogen and oxygen atoms in total. The normalized spacial score (nSPS) is 11.0. The summed E-state index contributed by atoms with van der Waals surface area (Å²) >= 11 is 6.00. The van der Waals surface area contributed by atoms with Gasteiger partial charge < -0.3 is 10.7 Å². The van der Waals surface area contributed by atoms with Gasteiger partial charge in [-0.2, -0.15) is 0 Å². The lowest BCUT2D eigenvalue weighted by Gasteiger charge is -2.05. The molecular formula is C18H13ClN4. The molecule has 0 spiro atoms. The Morgan fingerprint density at radius 1 is 0.957 bits per heavy atom. The molecule has 1 aromatic carbocycles. The summed E-state index contributed by atoms with van der Waals surface area (Å²) in [6.45, 7) is 0. The van der Waals surface area contributed by atoms with Crippen LogP contribution in [0.5, 0.6) is 0 Å². The molecule has 0 atom stereocenters. The van der Waals surface area contributed by atoms with Crippen molar-refractivity contribution in [2.24, 2.45) is 0 Å². The Labute approximate surface area is 138 Å². The number of fused-ring (bicyclic) bond motifs is 1. The van der Waals surface area contributed by atoms with Crippen LogP contribution in [-0.2, 0) is 0 Å². The van der Waals surface area contributed by atoms with E-state index in [-0.39, 0.29) is 0 Å². The van der Waals surface area contributed by atoms with Crippen LogP contribution in [0, 0.1) is 0 Å². The summed E-state index contributed by atoms with van der Waals surface area (Å²) in [4.78, 5) is 11.8. The van der Waals surface area contributed by atoms with Gasteiger partial charge in [0, 0.05) is 41.3 Å². The van der Waals surface area contributed by atoms with Gasteiger partial charge in [-0.15, -0.1) is 0 Å². The molecule has 3 aromatic heterocycles. The van der Waals surface area contributed by atoms with Crippen molar-refractivity contribution in [2.45, 2.75) is 0 Å². The number of aromatic amines is 1. The number of nitrogens with two attached hydrogens (primary N) is 1. The van der Waals surface area contributed by atoms with E-state index < -0.39 is 0 Å². The summed E-state index contributed by atoms with van der Waals surface area (Å²) in [7, 11) is 0. The number of nitrogen functional groups attached to an aromatic ring is 1. The van der Waals surface area contributed by atoms with Gasteiger partial charge in [-0.05, 0) is 41.5 Å². The number of rotatable bonds is 2. The number of benzene rings is 1. The van der Waals surface area contributed by atoms with Crippen molar-refractivity contribution < 1.29 is 0 Å². The van der Waals surface area contributed by atoms with Crippen molar-refractivity contribution in [1.29, 1.82) is 0 Å². The van der Waals surface area contributed by atoms with Crippen LogP contribution in [0.3, 0.4) is 0 Å².